The summed E-state index contributed by atoms with van der Waals surface area (Å²) in [5, 5.41) is 5.86. The highest BCUT2D eigenvalue weighted by Crippen LogP contribution is 2.22. The lowest BCUT2D eigenvalue weighted by molar-refractivity contribution is -0.119. The Bertz CT molecular complexity index is 455. The number of benzene rings is 1. The number of hydrogen-bond donors (Lipinski definition) is 2. The van der Waals surface area contributed by atoms with Crippen LogP contribution in [0.25, 0.3) is 0 Å². The van der Waals surface area contributed by atoms with Crippen molar-refractivity contribution in [2.24, 2.45) is 0 Å². The summed E-state index contributed by atoms with van der Waals surface area (Å²) in [6.45, 7) is 4.25. The van der Waals surface area contributed by atoms with E-state index in [0.29, 0.717) is 37.5 Å². The number of anilines is 1. The first kappa shape index (κ1) is 17.4. The maximum absolute atomic E-state index is 14.0. The van der Waals surface area contributed by atoms with Crippen molar-refractivity contribution >= 4 is 11.6 Å². The molecule has 1 rings (SSSR count). The van der Waals surface area contributed by atoms with E-state index in [0.717, 1.165) is 0 Å². The van der Waals surface area contributed by atoms with E-state index >= 15 is 0 Å². The second-order valence-corrected chi connectivity index (χ2v) is 4.72. The fraction of sp³-hybridized carbons (Fsp3) is 0.533. The van der Waals surface area contributed by atoms with Gasteiger partial charge in [-0.05, 0) is 19.1 Å². The average molecular weight is 297 g/mol. The van der Waals surface area contributed by atoms with Gasteiger partial charge in [0.05, 0.1) is 13.2 Å². The predicted molar refractivity (Wildman–Crippen MR) is 81.9 cm³/mol. The molecule has 118 valence electrons. The fourth-order valence-corrected chi connectivity index (χ4v) is 2.02. The summed E-state index contributed by atoms with van der Waals surface area (Å²) in [6, 6.07) is 4.89. The van der Waals surface area contributed by atoms with Gasteiger partial charge >= 0.3 is 0 Å². The van der Waals surface area contributed by atoms with Crippen molar-refractivity contribution in [3.8, 4) is 0 Å². The Balaban J connectivity index is 2.75. The highest BCUT2D eigenvalue weighted by atomic mass is 19.1. The Morgan fingerprint density at radius 2 is 2.19 bits per heavy atom. The van der Waals surface area contributed by atoms with Crippen LogP contribution in [0.15, 0.2) is 18.2 Å². The van der Waals surface area contributed by atoms with Gasteiger partial charge in [-0.25, -0.2) is 4.39 Å². The van der Waals surface area contributed by atoms with E-state index < -0.39 is 0 Å². The Labute approximate surface area is 125 Å². The van der Waals surface area contributed by atoms with E-state index in [1.54, 1.807) is 25.1 Å². The quantitative estimate of drug-likeness (QED) is 0.671. The van der Waals surface area contributed by atoms with Crippen LogP contribution in [0.4, 0.5) is 10.1 Å². The number of hydrogen-bond acceptors (Lipinski definition) is 4. The van der Waals surface area contributed by atoms with E-state index in [2.05, 4.69) is 10.6 Å². The van der Waals surface area contributed by atoms with Crippen molar-refractivity contribution in [1.82, 2.24) is 10.6 Å². The molecular formula is C15H24FN3O2. The topological polar surface area (TPSA) is 53.6 Å². The third kappa shape index (κ3) is 5.69. The van der Waals surface area contributed by atoms with Crippen molar-refractivity contribution in [3.63, 3.8) is 0 Å². The molecule has 2 N–H and O–H groups in total. The molecule has 21 heavy (non-hydrogen) atoms. The van der Waals surface area contributed by atoms with Crippen LogP contribution in [0.2, 0.25) is 0 Å². The smallest absolute Gasteiger partial charge is 0.239 e. The van der Waals surface area contributed by atoms with E-state index in [1.807, 2.05) is 13.0 Å². The number of methoxy groups -OCH3 is 1. The Kier molecular flexibility index (Phi) is 7.71. The minimum Gasteiger partial charge on any atom is -0.383 e. The summed E-state index contributed by atoms with van der Waals surface area (Å²) in [6.07, 6.45) is 0. The molecule has 1 aromatic rings. The normalized spacial score (nSPS) is 10.5. The largest absolute Gasteiger partial charge is 0.383 e. The van der Waals surface area contributed by atoms with Gasteiger partial charge in [-0.15, -0.1) is 0 Å². The van der Waals surface area contributed by atoms with Gasteiger partial charge in [0.1, 0.15) is 5.82 Å². The van der Waals surface area contributed by atoms with Gasteiger partial charge in [-0.2, -0.15) is 0 Å². The Morgan fingerprint density at radius 3 is 2.86 bits per heavy atom. The zero-order valence-electron chi connectivity index (χ0n) is 12.9. The van der Waals surface area contributed by atoms with E-state index in [1.165, 1.54) is 6.07 Å². The molecule has 0 aliphatic rings. The lowest BCUT2D eigenvalue weighted by Gasteiger charge is -2.22. The molecule has 0 bridgehead atoms. The summed E-state index contributed by atoms with van der Waals surface area (Å²) < 4.78 is 19.0. The number of rotatable bonds is 9. The summed E-state index contributed by atoms with van der Waals surface area (Å²) >= 11 is 0. The molecule has 0 spiro atoms. The molecule has 6 heteroatoms. The first-order valence-corrected chi connectivity index (χ1v) is 7.05. The van der Waals surface area contributed by atoms with Crippen molar-refractivity contribution in [1.29, 1.82) is 0 Å². The minimum absolute atomic E-state index is 0.0810. The third-order valence-electron chi connectivity index (χ3n) is 3.04. The van der Waals surface area contributed by atoms with E-state index in [-0.39, 0.29) is 18.3 Å². The van der Waals surface area contributed by atoms with Crippen LogP contribution < -0.4 is 15.5 Å². The third-order valence-corrected chi connectivity index (χ3v) is 3.04. The first-order chi connectivity index (χ1) is 10.1. The van der Waals surface area contributed by atoms with Crippen molar-refractivity contribution in [2.45, 2.75) is 13.5 Å². The van der Waals surface area contributed by atoms with Crippen LogP contribution in [0, 0.1) is 5.82 Å². The van der Waals surface area contributed by atoms with Crippen LogP contribution in [0.5, 0.6) is 0 Å². The lowest BCUT2D eigenvalue weighted by Crippen LogP contribution is -2.35. The molecule has 0 aliphatic carbocycles. The molecule has 0 atom stereocenters. The first-order valence-electron chi connectivity index (χ1n) is 7.05. The average Bonchev–Trinajstić information content (AvgIpc) is 2.45. The number of nitrogens with zero attached hydrogens (tertiary/aromatic N) is 1. The highest BCUT2D eigenvalue weighted by Gasteiger charge is 2.13. The maximum Gasteiger partial charge on any atom is 0.239 e. The molecular weight excluding hydrogens is 273 g/mol. The second kappa shape index (κ2) is 9.31. The van der Waals surface area contributed by atoms with Gasteiger partial charge in [0.2, 0.25) is 5.91 Å². The molecule has 0 saturated heterocycles. The van der Waals surface area contributed by atoms with Gasteiger partial charge in [-0.3, -0.25) is 4.79 Å². The number of ether oxygens (including phenoxy) is 1. The summed E-state index contributed by atoms with van der Waals surface area (Å²) in [7, 11) is 3.40. The molecule has 0 radical (unpaired) electrons. The van der Waals surface area contributed by atoms with Crippen LogP contribution in [0.1, 0.15) is 12.5 Å². The lowest BCUT2D eigenvalue weighted by atomic mass is 10.1. The number of halogens is 1. The standard InChI is InChI=1S/C15H24FN3O2/c1-4-18-15(20)11-19(2)14-7-5-6-13(16)12(14)10-17-8-9-21-3/h5-7,17H,4,8-11H2,1-3H3,(H,18,20). The summed E-state index contributed by atoms with van der Waals surface area (Å²) in [4.78, 5) is 13.4. The van der Waals surface area contributed by atoms with Crippen molar-refractivity contribution in [2.75, 3.05) is 45.3 Å². The minimum atomic E-state index is -0.278. The molecule has 0 fully saturated rings. The van der Waals surface area contributed by atoms with Gasteiger partial charge in [0, 0.05) is 45.0 Å². The second-order valence-electron chi connectivity index (χ2n) is 4.72. The number of likely N-dealkylation sites (N-methyl/N-ethyl adjacent to an activating group) is 2. The highest BCUT2D eigenvalue weighted by molar-refractivity contribution is 5.81. The molecule has 5 nitrogen and oxygen atoms in total. The molecule has 0 aliphatic heterocycles. The predicted octanol–water partition coefficient (Wildman–Crippen LogP) is 1.13. The van der Waals surface area contributed by atoms with Gasteiger partial charge in [0.25, 0.3) is 0 Å². The van der Waals surface area contributed by atoms with Crippen LogP contribution >= 0.6 is 0 Å². The molecule has 0 unspecified atom stereocenters. The van der Waals surface area contributed by atoms with Gasteiger partial charge < -0.3 is 20.3 Å². The molecule has 1 aromatic carbocycles. The Morgan fingerprint density at radius 1 is 1.43 bits per heavy atom. The number of nitrogens with one attached hydrogen (secondary N) is 2. The summed E-state index contributed by atoms with van der Waals surface area (Å²) in [5.74, 6) is -0.359. The zero-order chi connectivity index (χ0) is 15.7. The van der Waals surface area contributed by atoms with E-state index in [9.17, 15) is 9.18 Å². The summed E-state index contributed by atoms with van der Waals surface area (Å²) in [5.41, 5.74) is 1.27. The Hall–Kier alpha value is -1.66. The van der Waals surface area contributed by atoms with Crippen molar-refractivity contribution < 1.29 is 13.9 Å². The number of carbonyl (C=O) groups excluding carboxylic acids is 1. The van der Waals surface area contributed by atoms with E-state index in [4.69, 9.17) is 4.74 Å². The van der Waals surface area contributed by atoms with Crippen molar-refractivity contribution in [3.05, 3.63) is 29.6 Å². The molecule has 1 amide bonds. The molecule has 0 heterocycles. The molecule has 0 saturated carbocycles. The number of carbonyl (C=O) groups is 1. The van der Waals surface area contributed by atoms with Crippen LogP contribution in [-0.2, 0) is 16.1 Å². The maximum atomic E-state index is 14.0. The number of amides is 1. The van der Waals surface area contributed by atoms with Crippen LogP contribution in [-0.4, -0.2) is 46.3 Å². The monoisotopic (exact) mass is 297 g/mol. The van der Waals surface area contributed by atoms with Gasteiger partial charge in [0.15, 0.2) is 0 Å². The van der Waals surface area contributed by atoms with Gasteiger partial charge in [-0.1, -0.05) is 6.07 Å². The SMILES string of the molecule is CCNC(=O)CN(C)c1cccc(F)c1CNCCOC. The zero-order valence-corrected chi connectivity index (χ0v) is 12.9. The van der Waals surface area contributed by atoms with Crippen LogP contribution in [0.3, 0.4) is 0 Å². The molecule has 0 aromatic heterocycles. The fourth-order valence-electron chi connectivity index (χ4n) is 2.02.